The molecule has 0 rings (SSSR count). The van der Waals surface area contributed by atoms with Crippen LogP contribution in [-0.4, -0.2) is 23.1 Å². The van der Waals surface area contributed by atoms with Gasteiger partial charge in [0.25, 0.3) is 0 Å². The number of esters is 1. The minimum atomic E-state index is -1.04. The van der Waals surface area contributed by atoms with E-state index in [1.807, 2.05) is 13.8 Å². The van der Waals surface area contributed by atoms with E-state index < -0.39 is 18.0 Å². The smallest absolute Gasteiger partial charge is 0.345 e. The normalized spacial score (nSPS) is 12.1. The summed E-state index contributed by atoms with van der Waals surface area (Å²) in [6.45, 7) is 4.02. The van der Waals surface area contributed by atoms with Crippen LogP contribution in [0.5, 0.6) is 0 Å². The maximum Gasteiger partial charge on any atom is 0.345 e. The lowest BCUT2D eigenvalue weighted by molar-refractivity contribution is -0.164. The second-order valence-electron chi connectivity index (χ2n) is 3.92. The largest absolute Gasteiger partial charge is 0.479 e. The number of hydrogen-bond acceptors (Lipinski definition) is 3. The Kier molecular flexibility index (Phi) is 8.58. The molecule has 0 aliphatic carbocycles. The monoisotopic (exact) mass is 230 g/mol. The molecule has 0 bridgehead atoms. The van der Waals surface area contributed by atoms with E-state index in [9.17, 15) is 9.59 Å². The molecule has 0 heterocycles. The first-order valence-corrected chi connectivity index (χ1v) is 6.04. The molecule has 1 N–H and O–H groups in total. The average Bonchev–Trinajstić information content (AvgIpc) is 2.24. The highest BCUT2D eigenvalue weighted by atomic mass is 16.6. The van der Waals surface area contributed by atoms with Crippen molar-refractivity contribution in [2.75, 3.05) is 0 Å². The van der Waals surface area contributed by atoms with E-state index in [2.05, 4.69) is 0 Å². The van der Waals surface area contributed by atoms with Crippen LogP contribution in [0.25, 0.3) is 0 Å². The number of unbranched alkanes of at least 4 members (excludes halogenated alkanes) is 3. The number of carbonyl (C=O) groups is 2. The van der Waals surface area contributed by atoms with Crippen molar-refractivity contribution in [1.29, 1.82) is 0 Å². The van der Waals surface area contributed by atoms with Gasteiger partial charge in [-0.2, -0.15) is 0 Å². The topological polar surface area (TPSA) is 63.6 Å². The Labute approximate surface area is 97.0 Å². The zero-order valence-corrected chi connectivity index (χ0v) is 10.2. The van der Waals surface area contributed by atoms with Gasteiger partial charge in [0.2, 0.25) is 0 Å². The van der Waals surface area contributed by atoms with Gasteiger partial charge in [0, 0.05) is 6.42 Å². The van der Waals surface area contributed by atoms with Crippen molar-refractivity contribution < 1.29 is 19.4 Å². The standard InChI is InChI=1S/C12H22O4/c1-3-5-7-9-11(13)16-10(12(14)15)8-6-4-2/h10H,3-9H2,1-2H3,(H,14,15). The molecule has 1 unspecified atom stereocenters. The zero-order valence-electron chi connectivity index (χ0n) is 10.2. The van der Waals surface area contributed by atoms with Gasteiger partial charge in [0.05, 0.1) is 0 Å². The second-order valence-corrected chi connectivity index (χ2v) is 3.92. The van der Waals surface area contributed by atoms with Gasteiger partial charge in [-0.05, 0) is 19.3 Å². The van der Waals surface area contributed by atoms with E-state index in [-0.39, 0.29) is 0 Å². The summed E-state index contributed by atoms with van der Waals surface area (Å²) < 4.78 is 4.92. The number of carboxylic acids is 1. The minimum absolute atomic E-state index is 0.323. The Morgan fingerprint density at radius 3 is 2.25 bits per heavy atom. The van der Waals surface area contributed by atoms with Crippen LogP contribution >= 0.6 is 0 Å². The Bertz CT molecular complexity index is 213. The van der Waals surface area contributed by atoms with Crippen LogP contribution in [-0.2, 0) is 14.3 Å². The van der Waals surface area contributed by atoms with Gasteiger partial charge < -0.3 is 9.84 Å². The molecule has 94 valence electrons. The number of ether oxygens (including phenoxy) is 1. The van der Waals surface area contributed by atoms with Crippen molar-refractivity contribution >= 4 is 11.9 Å². The number of carboxylic acid groups (broad SMARTS) is 1. The van der Waals surface area contributed by atoms with Gasteiger partial charge in [0.1, 0.15) is 0 Å². The molecule has 0 aliphatic rings. The molecule has 0 aliphatic heterocycles. The summed E-state index contributed by atoms with van der Waals surface area (Å²) in [7, 11) is 0. The molecule has 0 saturated carbocycles. The van der Waals surface area contributed by atoms with Gasteiger partial charge in [-0.25, -0.2) is 4.79 Å². The van der Waals surface area contributed by atoms with Gasteiger partial charge in [0.15, 0.2) is 6.10 Å². The lowest BCUT2D eigenvalue weighted by atomic mass is 10.1. The Hall–Kier alpha value is -1.06. The maximum atomic E-state index is 11.3. The molecule has 0 aromatic carbocycles. The third-order valence-corrected chi connectivity index (χ3v) is 2.35. The van der Waals surface area contributed by atoms with E-state index in [0.717, 1.165) is 32.1 Å². The fourth-order valence-electron chi connectivity index (χ4n) is 1.36. The summed E-state index contributed by atoms with van der Waals surface area (Å²) in [6.07, 6.45) is 4.21. The van der Waals surface area contributed by atoms with Gasteiger partial charge >= 0.3 is 11.9 Å². The number of rotatable bonds is 9. The average molecular weight is 230 g/mol. The molecule has 0 aromatic rings. The van der Waals surface area contributed by atoms with Gasteiger partial charge in [-0.15, -0.1) is 0 Å². The summed E-state index contributed by atoms with van der Waals surface area (Å²) in [5.41, 5.74) is 0. The summed E-state index contributed by atoms with van der Waals surface area (Å²) in [4.78, 5) is 22.1. The SMILES string of the molecule is CCCCCC(=O)OC(CCCC)C(=O)O. The molecule has 0 aromatic heterocycles. The highest BCUT2D eigenvalue weighted by Gasteiger charge is 2.20. The first-order valence-electron chi connectivity index (χ1n) is 6.04. The van der Waals surface area contributed by atoms with Crippen LogP contribution in [0.2, 0.25) is 0 Å². The molecular formula is C12H22O4. The number of aliphatic carboxylic acids is 1. The van der Waals surface area contributed by atoms with Crippen molar-refractivity contribution in [1.82, 2.24) is 0 Å². The first-order chi connectivity index (χ1) is 7.61. The fourth-order valence-corrected chi connectivity index (χ4v) is 1.36. The molecule has 4 heteroatoms. The highest BCUT2D eigenvalue weighted by molar-refractivity contribution is 5.77. The van der Waals surface area contributed by atoms with Crippen molar-refractivity contribution in [3.8, 4) is 0 Å². The van der Waals surface area contributed by atoms with Crippen LogP contribution in [0.1, 0.15) is 58.8 Å². The third kappa shape index (κ3) is 7.26. The maximum absolute atomic E-state index is 11.3. The molecule has 4 nitrogen and oxygen atoms in total. The Morgan fingerprint density at radius 1 is 1.12 bits per heavy atom. The molecular weight excluding hydrogens is 208 g/mol. The summed E-state index contributed by atoms with van der Waals surface area (Å²) in [6, 6.07) is 0. The summed E-state index contributed by atoms with van der Waals surface area (Å²) >= 11 is 0. The third-order valence-electron chi connectivity index (χ3n) is 2.35. The molecule has 0 radical (unpaired) electrons. The van der Waals surface area contributed by atoms with Crippen LogP contribution < -0.4 is 0 Å². The van der Waals surface area contributed by atoms with Crippen LogP contribution in [0.15, 0.2) is 0 Å². The molecule has 0 spiro atoms. The molecule has 1 atom stereocenters. The molecule has 16 heavy (non-hydrogen) atoms. The van der Waals surface area contributed by atoms with Crippen LogP contribution in [0.3, 0.4) is 0 Å². The first kappa shape index (κ1) is 14.9. The quantitative estimate of drug-likeness (QED) is 0.488. The van der Waals surface area contributed by atoms with E-state index >= 15 is 0 Å². The summed E-state index contributed by atoms with van der Waals surface area (Å²) in [5, 5.41) is 8.84. The van der Waals surface area contributed by atoms with Crippen molar-refractivity contribution in [2.45, 2.75) is 64.9 Å². The number of hydrogen-bond donors (Lipinski definition) is 1. The summed E-state index contributed by atoms with van der Waals surface area (Å²) in [5.74, 6) is -1.44. The Balaban J connectivity index is 3.88. The van der Waals surface area contributed by atoms with E-state index in [0.29, 0.717) is 12.8 Å². The molecule has 0 amide bonds. The number of carbonyl (C=O) groups excluding carboxylic acids is 1. The van der Waals surface area contributed by atoms with Crippen molar-refractivity contribution in [3.05, 3.63) is 0 Å². The van der Waals surface area contributed by atoms with Crippen molar-refractivity contribution in [2.24, 2.45) is 0 Å². The molecule has 0 saturated heterocycles. The predicted octanol–water partition coefficient (Wildman–Crippen LogP) is 2.75. The fraction of sp³-hybridized carbons (Fsp3) is 0.833. The molecule has 0 fully saturated rings. The highest BCUT2D eigenvalue weighted by Crippen LogP contribution is 2.08. The minimum Gasteiger partial charge on any atom is -0.479 e. The van der Waals surface area contributed by atoms with Crippen LogP contribution in [0, 0.1) is 0 Å². The predicted molar refractivity (Wildman–Crippen MR) is 61.2 cm³/mol. The lowest BCUT2D eigenvalue weighted by Crippen LogP contribution is -2.26. The Morgan fingerprint density at radius 2 is 1.75 bits per heavy atom. The van der Waals surface area contributed by atoms with Crippen LogP contribution in [0.4, 0.5) is 0 Å². The van der Waals surface area contributed by atoms with E-state index in [1.165, 1.54) is 0 Å². The zero-order chi connectivity index (χ0) is 12.4. The second kappa shape index (κ2) is 9.19. The van der Waals surface area contributed by atoms with E-state index in [4.69, 9.17) is 9.84 Å². The van der Waals surface area contributed by atoms with Gasteiger partial charge in [-0.3, -0.25) is 4.79 Å². The van der Waals surface area contributed by atoms with Crippen molar-refractivity contribution in [3.63, 3.8) is 0 Å². The lowest BCUT2D eigenvalue weighted by Gasteiger charge is -2.13. The van der Waals surface area contributed by atoms with E-state index in [1.54, 1.807) is 0 Å². The van der Waals surface area contributed by atoms with Gasteiger partial charge in [-0.1, -0.05) is 33.1 Å².